The number of aryl methyl sites for hydroxylation is 1. The number of aromatic nitrogens is 2. The number of aliphatic carboxylic acids is 1. The van der Waals surface area contributed by atoms with Crippen LogP contribution in [0.2, 0.25) is 0 Å². The molecule has 12 heteroatoms. The summed E-state index contributed by atoms with van der Waals surface area (Å²) in [4.78, 5) is 23.6. The van der Waals surface area contributed by atoms with Crippen molar-refractivity contribution in [2.45, 2.75) is 25.1 Å². The molecule has 0 fully saturated rings. The summed E-state index contributed by atoms with van der Waals surface area (Å²) in [6, 6.07) is 5.65. The van der Waals surface area contributed by atoms with Gasteiger partial charge in [0.15, 0.2) is 11.5 Å². The van der Waals surface area contributed by atoms with Gasteiger partial charge in [0.05, 0.1) is 18.7 Å². The molecule has 0 radical (unpaired) electrons. The second kappa shape index (κ2) is 9.47. The van der Waals surface area contributed by atoms with Crippen LogP contribution < -0.4 is 9.47 Å². The summed E-state index contributed by atoms with van der Waals surface area (Å²) in [5.74, 6) is -1.12. The lowest BCUT2D eigenvalue weighted by Gasteiger charge is -2.31. The molecule has 0 saturated carbocycles. The number of carbonyl (C=O) groups is 2. The Kier molecular flexibility index (Phi) is 6.92. The molecule has 4 rings (SSSR count). The average Bonchev–Trinajstić information content (AvgIpc) is 3.33. The van der Waals surface area contributed by atoms with Gasteiger partial charge >= 0.3 is 12.1 Å². The summed E-state index contributed by atoms with van der Waals surface area (Å²) < 4.78 is 49.6. The molecule has 174 valence electrons. The molecule has 0 saturated heterocycles. The second-order valence-electron chi connectivity index (χ2n) is 7.31. The van der Waals surface area contributed by atoms with Gasteiger partial charge in [0, 0.05) is 44.9 Å². The fraction of sp³-hybridized carbons (Fsp3) is 0.450. The third kappa shape index (κ3) is 5.49. The summed E-state index contributed by atoms with van der Waals surface area (Å²) in [6.45, 7) is 2.01. The van der Waals surface area contributed by atoms with Crippen molar-refractivity contribution in [2.24, 2.45) is 7.05 Å². The summed E-state index contributed by atoms with van der Waals surface area (Å²) in [5.41, 5.74) is 3.06. The van der Waals surface area contributed by atoms with Crippen molar-refractivity contribution in [3.63, 3.8) is 0 Å². The number of ether oxygens (including phenoxy) is 3. The van der Waals surface area contributed by atoms with E-state index in [1.54, 1.807) is 11.8 Å². The zero-order valence-electron chi connectivity index (χ0n) is 17.4. The number of carboxylic acids is 1. The number of hydrogen-bond donors (Lipinski definition) is 1. The summed E-state index contributed by atoms with van der Waals surface area (Å²) in [7, 11) is 3.58. The molecular formula is C20H22F3N3O6. The molecule has 1 atom stereocenters. The van der Waals surface area contributed by atoms with E-state index in [0.29, 0.717) is 31.9 Å². The zero-order chi connectivity index (χ0) is 23.5. The summed E-state index contributed by atoms with van der Waals surface area (Å²) in [6.07, 6.45) is -2.76. The standard InChI is InChI=1S/C18H21N3O4.C2HF3O2/c1-20-7-13-8-21(9-14(10-23-2)18(13)19-20)17(22)6-12-3-4-15-16(5-12)25-11-24-15;3-2(4,5)1(6)7/h3-5,7,14H,6,8-11H2,1-2H3;(H,6,7). The van der Waals surface area contributed by atoms with Gasteiger partial charge in [-0.25, -0.2) is 4.79 Å². The highest BCUT2D eigenvalue weighted by atomic mass is 19.4. The van der Waals surface area contributed by atoms with Gasteiger partial charge in [-0.05, 0) is 17.7 Å². The van der Waals surface area contributed by atoms with Crippen LogP contribution in [0.25, 0.3) is 0 Å². The van der Waals surface area contributed by atoms with Crippen LogP contribution in [0.3, 0.4) is 0 Å². The van der Waals surface area contributed by atoms with E-state index < -0.39 is 12.1 Å². The first-order valence-corrected chi connectivity index (χ1v) is 9.56. The number of carbonyl (C=O) groups excluding carboxylic acids is 1. The van der Waals surface area contributed by atoms with Crippen molar-refractivity contribution in [2.75, 3.05) is 27.1 Å². The highest BCUT2D eigenvalue weighted by Gasteiger charge is 2.38. The van der Waals surface area contributed by atoms with Crippen LogP contribution in [0.1, 0.15) is 22.7 Å². The third-order valence-electron chi connectivity index (χ3n) is 4.88. The van der Waals surface area contributed by atoms with Crippen molar-refractivity contribution in [1.29, 1.82) is 0 Å². The minimum Gasteiger partial charge on any atom is -0.475 e. The molecular weight excluding hydrogens is 435 g/mol. The van der Waals surface area contributed by atoms with Crippen LogP contribution in [0.15, 0.2) is 24.4 Å². The minimum atomic E-state index is -5.08. The first-order chi connectivity index (χ1) is 15.1. The molecule has 1 N–H and O–H groups in total. The largest absolute Gasteiger partial charge is 0.490 e. The maximum atomic E-state index is 12.8. The van der Waals surface area contributed by atoms with Gasteiger partial charge < -0.3 is 24.2 Å². The number of amides is 1. The first kappa shape index (κ1) is 23.4. The van der Waals surface area contributed by atoms with Crippen molar-refractivity contribution in [1.82, 2.24) is 14.7 Å². The topological polar surface area (TPSA) is 103 Å². The van der Waals surface area contributed by atoms with E-state index in [0.717, 1.165) is 22.6 Å². The number of fused-ring (bicyclic) bond motifs is 2. The second-order valence-corrected chi connectivity index (χ2v) is 7.31. The van der Waals surface area contributed by atoms with Crippen molar-refractivity contribution < 1.29 is 42.1 Å². The summed E-state index contributed by atoms with van der Waals surface area (Å²) in [5, 5.41) is 11.7. The minimum absolute atomic E-state index is 0.0921. The molecule has 1 unspecified atom stereocenters. The van der Waals surface area contributed by atoms with Crippen LogP contribution in [-0.2, 0) is 34.3 Å². The number of carboxylic acid groups (broad SMARTS) is 1. The van der Waals surface area contributed by atoms with Crippen LogP contribution >= 0.6 is 0 Å². The Hall–Kier alpha value is -3.28. The number of benzene rings is 1. The van der Waals surface area contributed by atoms with Gasteiger partial charge in [-0.3, -0.25) is 9.48 Å². The highest BCUT2D eigenvalue weighted by Crippen LogP contribution is 2.33. The molecule has 2 aliphatic rings. The predicted octanol–water partition coefficient (Wildman–Crippen LogP) is 2.10. The predicted molar refractivity (Wildman–Crippen MR) is 103 cm³/mol. The molecule has 1 aromatic heterocycles. The molecule has 0 bridgehead atoms. The van der Waals surface area contributed by atoms with Crippen molar-refractivity contribution >= 4 is 11.9 Å². The quantitative estimate of drug-likeness (QED) is 0.750. The SMILES string of the molecule is COCC1CN(C(=O)Cc2ccc3c(c2)OCO3)Cc2cn(C)nc21.O=C(O)C(F)(F)F. The average molecular weight is 457 g/mol. The molecule has 2 aromatic rings. The van der Waals surface area contributed by atoms with E-state index >= 15 is 0 Å². The van der Waals surface area contributed by atoms with Crippen LogP contribution in [0.5, 0.6) is 11.5 Å². The van der Waals surface area contributed by atoms with Gasteiger partial charge in [-0.15, -0.1) is 0 Å². The Labute approximate surface area is 181 Å². The number of halogens is 3. The van der Waals surface area contributed by atoms with Crippen LogP contribution in [-0.4, -0.2) is 64.9 Å². The van der Waals surface area contributed by atoms with E-state index in [9.17, 15) is 18.0 Å². The normalized spacial score (nSPS) is 16.8. The lowest BCUT2D eigenvalue weighted by atomic mass is 9.96. The molecule has 0 aliphatic carbocycles. The lowest BCUT2D eigenvalue weighted by molar-refractivity contribution is -0.192. The fourth-order valence-corrected chi connectivity index (χ4v) is 3.50. The van der Waals surface area contributed by atoms with Gasteiger partial charge in [0.1, 0.15) is 0 Å². The van der Waals surface area contributed by atoms with E-state index in [4.69, 9.17) is 24.1 Å². The fourth-order valence-electron chi connectivity index (χ4n) is 3.50. The Bertz CT molecular complexity index is 991. The molecule has 2 aliphatic heterocycles. The van der Waals surface area contributed by atoms with Gasteiger partial charge in [-0.2, -0.15) is 18.3 Å². The Morgan fingerprint density at radius 3 is 2.62 bits per heavy atom. The van der Waals surface area contributed by atoms with E-state index in [2.05, 4.69) is 5.10 Å². The van der Waals surface area contributed by atoms with Crippen molar-refractivity contribution in [3.05, 3.63) is 41.2 Å². The lowest BCUT2D eigenvalue weighted by Crippen LogP contribution is -2.40. The Balaban J connectivity index is 0.000000360. The maximum Gasteiger partial charge on any atom is 0.490 e. The third-order valence-corrected chi connectivity index (χ3v) is 4.88. The molecule has 32 heavy (non-hydrogen) atoms. The number of hydrogen-bond acceptors (Lipinski definition) is 6. The smallest absolute Gasteiger partial charge is 0.475 e. The number of alkyl halides is 3. The van der Waals surface area contributed by atoms with Gasteiger partial charge in [0.25, 0.3) is 0 Å². The monoisotopic (exact) mass is 457 g/mol. The number of rotatable bonds is 4. The Morgan fingerprint density at radius 1 is 1.28 bits per heavy atom. The molecule has 1 aromatic carbocycles. The van der Waals surface area contributed by atoms with E-state index in [1.165, 1.54) is 0 Å². The van der Waals surface area contributed by atoms with E-state index in [1.807, 2.05) is 36.3 Å². The van der Waals surface area contributed by atoms with Crippen molar-refractivity contribution in [3.8, 4) is 11.5 Å². The van der Waals surface area contributed by atoms with Gasteiger partial charge in [-0.1, -0.05) is 6.07 Å². The number of nitrogens with zero attached hydrogens (tertiary/aromatic N) is 3. The molecule has 1 amide bonds. The zero-order valence-corrected chi connectivity index (χ0v) is 17.4. The molecule has 9 nitrogen and oxygen atoms in total. The molecule has 0 spiro atoms. The Morgan fingerprint density at radius 2 is 1.97 bits per heavy atom. The highest BCUT2D eigenvalue weighted by molar-refractivity contribution is 5.79. The summed E-state index contributed by atoms with van der Waals surface area (Å²) >= 11 is 0. The van der Waals surface area contributed by atoms with Gasteiger partial charge in [0.2, 0.25) is 12.7 Å². The maximum absolute atomic E-state index is 12.8. The van der Waals surface area contributed by atoms with E-state index in [-0.39, 0.29) is 18.6 Å². The first-order valence-electron chi connectivity index (χ1n) is 9.56. The molecule has 3 heterocycles. The number of methoxy groups -OCH3 is 1. The van der Waals surface area contributed by atoms with Crippen LogP contribution in [0, 0.1) is 0 Å². The van der Waals surface area contributed by atoms with Crippen LogP contribution in [0.4, 0.5) is 13.2 Å².